The van der Waals surface area contributed by atoms with Crippen molar-refractivity contribution in [2.45, 2.75) is 13.1 Å². The number of benzene rings is 1. The van der Waals surface area contributed by atoms with Crippen LogP contribution < -0.4 is 4.74 Å². The SMILES string of the molecule is Cc1cc(Oc2ccc(F)c(F)c2)nc(-c2cc(C(F)(F)F)nn2C)c1. The number of aryl methyl sites for hydroxylation is 2. The van der Waals surface area contributed by atoms with Gasteiger partial charge in [0.2, 0.25) is 5.88 Å². The summed E-state index contributed by atoms with van der Waals surface area (Å²) in [6, 6.07) is 6.93. The number of pyridine rings is 1. The standard InChI is InChI=1S/C17H12F5N3O/c1-9-5-13(14-8-15(17(20,21)22)24-25(14)2)23-16(6-9)26-10-3-4-11(18)12(19)7-10/h3-8H,1-2H3. The first-order valence-electron chi connectivity index (χ1n) is 7.36. The van der Waals surface area contributed by atoms with E-state index in [1.165, 1.54) is 19.2 Å². The third-order valence-electron chi connectivity index (χ3n) is 3.49. The zero-order chi connectivity index (χ0) is 19.1. The quantitative estimate of drug-likeness (QED) is 0.618. The van der Waals surface area contributed by atoms with Crippen LogP contribution in [0.2, 0.25) is 0 Å². The van der Waals surface area contributed by atoms with E-state index in [2.05, 4.69) is 10.1 Å². The van der Waals surface area contributed by atoms with Crippen LogP contribution in [0.1, 0.15) is 11.3 Å². The maximum Gasteiger partial charge on any atom is 0.435 e. The lowest BCUT2D eigenvalue weighted by Crippen LogP contribution is -2.06. The molecule has 0 radical (unpaired) electrons. The molecule has 0 bridgehead atoms. The van der Waals surface area contributed by atoms with Crippen molar-refractivity contribution >= 4 is 0 Å². The van der Waals surface area contributed by atoms with Gasteiger partial charge in [-0.15, -0.1) is 0 Å². The molecule has 0 N–H and O–H groups in total. The molecule has 0 saturated carbocycles. The van der Waals surface area contributed by atoms with E-state index in [0.29, 0.717) is 5.56 Å². The van der Waals surface area contributed by atoms with Crippen LogP contribution in [-0.4, -0.2) is 14.8 Å². The zero-order valence-corrected chi connectivity index (χ0v) is 13.6. The fourth-order valence-corrected chi connectivity index (χ4v) is 2.33. The van der Waals surface area contributed by atoms with Crippen molar-refractivity contribution < 1.29 is 26.7 Å². The van der Waals surface area contributed by atoms with Crippen molar-refractivity contribution in [3.05, 3.63) is 59.3 Å². The molecule has 3 aromatic rings. The van der Waals surface area contributed by atoms with Gasteiger partial charge in [-0.1, -0.05) is 0 Å². The highest BCUT2D eigenvalue weighted by Gasteiger charge is 2.34. The lowest BCUT2D eigenvalue weighted by Gasteiger charge is -2.09. The molecule has 0 saturated heterocycles. The molecule has 0 spiro atoms. The van der Waals surface area contributed by atoms with Gasteiger partial charge in [-0.25, -0.2) is 13.8 Å². The molecule has 0 atom stereocenters. The van der Waals surface area contributed by atoms with E-state index >= 15 is 0 Å². The largest absolute Gasteiger partial charge is 0.439 e. The summed E-state index contributed by atoms with van der Waals surface area (Å²) in [6.45, 7) is 1.70. The summed E-state index contributed by atoms with van der Waals surface area (Å²) in [5.41, 5.74) is -0.0482. The molecule has 9 heteroatoms. The molecule has 0 unspecified atom stereocenters. The summed E-state index contributed by atoms with van der Waals surface area (Å²) in [6.07, 6.45) is -4.58. The number of nitrogens with zero attached hydrogens (tertiary/aromatic N) is 3. The topological polar surface area (TPSA) is 39.9 Å². The third-order valence-corrected chi connectivity index (χ3v) is 3.49. The molecule has 4 nitrogen and oxygen atoms in total. The third kappa shape index (κ3) is 3.66. The van der Waals surface area contributed by atoms with Crippen LogP contribution in [0, 0.1) is 18.6 Å². The molecule has 0 amide bonds. The molecule has 136 valence electrons. The van der Waals surface area contributed by atoms with Crippen LogP contribution in [0.25, 0.3) is 11.4 Å². The van der Waals surface area contributed by atoms with Crippen LogP contribution in [0.3, 0.4) is 0 Å². The van der Waals surface area contributed by atoms with Crippen molar-refractivity contribution in [3.63, 3.8) is 0 Å². The van der Waals surface area contributed by atoms with Gasteiger partial charge in [-0.05, 0) is 36.8 Å². The highest BCUT2D eigenvalue weighted by molar-refractivity contribution is 5.57. The summed E-state index contributed by atoms with van der Waals surface area (Å²) < 4.78 is 71.2. The molecule has 26 heavy (non-hydrogen) atoms. The minimum Gasteiger partial charge on any atom is -0.439 e. The summed E-state index contributed by atoms with van der Waals surface area (Å²) >= 11 is 0. The molecular formula is C17H12F5N3O. The molecule has 0 aliphatic rings. The van der Waals surface area contributed by atoms with Crippen molar-refractivity contribution in [2.75, 3.05) is 0 Å². The fourth-order valence-electron chi connectivity index (χ4n) is 2.33. The average molecular weight is 369 g/mol. The van der Waals surface area contributed by atoms with Gasteiger partial charge in [0.15, 0.2) is 17.3 Å². The first-order chi connectivity index (χ1) is 12.1. The number of hydrogen-bond acceptors (Lipinski definition) is 3. The Bertz CT molecular complexity index is 966. The summed E-state index contributed by atoms with van der Waals surface area (Å²) in [4.78, 5) is 4.14. The van der Waals surface area contributed by atoms with E-state index in [9.17, 15) is 22.0 Å². The number of rotatable bonds is 3. The highest BCUT2D eigenvalue weighted by atomic mass is 19.4. The van der Waals surface area contributed by atoms with Gasteiger partial charge in [0, 0.05) is 19.2 Å². The Morgan fingerprint density at radius 2 is 1.73 bits per heavy atom. The minimum atomic E-state index is -4.58. The molecule has 0 aliphatic heterocycles. The Morgan fingerprint density at radius 1 is 1.00 bits per heavy atom. The number of aromatic nitrogens is 3. The van der Waals surface area contributed by atoms with Crippen LogP contribution in [-0.2, 0) is 13.2 Å². The first kappa shape index (κ1) is 17.8. The predicted molar refractivity (Wildman–Crippen MR) is 82.6 cm³/mol. The Kier molecular flexibility index (Phi) is 4.39. The van der Waals surface area contributed by atoms with E-state index in [4.69, 9.17) is 4.74 Å². The molecule has 2 aromatic heterocycles. The fraction of sp³-hybridized carbons (Fsp3) is 0.176. The molecule has 0 fully saturated rings. The van der Waals surface area contributed by atoms with Gasteiger partial charge in [0.1, 0.15) is 5.75 Å². The van der Waals surface area contributed by atoms with Crippen molar-refractivity contribution in [1.29, 1.82) is 0 Å². The molecule has 0 aliphatic carbocycles. The predicted octanol–water partition coefficient (Wildman–Crippen LogP) is 4.88. The van der Waals surface area contributed by atoms with E-state index in [1.54, 1.807) is 13.0 Å². The average Bonchev–Trinajstić information content (AvgIpc) is 2.92. The van der Waals surface area contributed by atoms with Crippen molar-refractivity contribution in [1.82, 2.24) is 14.8 Å². The van der Waals surface area contributed by atoms with Gasteiger partial charge >= 0.3 is 6.18 Å². The maximum absolute atomic E-state index is 13.3. The van der Waals surface area contributed by atoms with E-state index in [0.717, 1.165) is 22.9 Å². The number of hydrogen-bond donors (Lipinski definition) is 0. The number of ether oxygens (including phenoxy) is 1. The first-order valence-corrected chi connectivity index (χ1v) is 7.36. The summed E-state index contributed by atoms with van der Waals surface area (Å²) in [7, 11) is 1.37. The van der Waals surface area contributed by atoms with Crippen LogP contribution in [0.5, 0.6) is 11.6 Å². The second kappa shape index (κ2) is 6.40. The second-order valence-corrected chi connectivity index (χ2v) is 5.58. The summed E-state index contributed by atoms with van der Waals surface area (Å²) in [5, 5.41) is 3.44. The highest BCUT2D eigenvalue weighted by Crippen LogP contribution is 2.32. The minimum absolute atomic E-state index is 0.00827. The monoisotopic (exact) mass is 369 g/mol. The summed E-state index contributed by atoms with van der Waals surface area (Å²) in [5.74, 6) is -2.07. The molecule has 2 heterocycles. The Balaban J connectivity index is 1.98. The van der Waals surface area contributed by atoms with Crippen LogP contribution >= 0.6 is 0 Å². The van der Waals surface area contributed by atoms with Crippen molar-refractivity contribution in [3.8, 4) is 23.0 Å². The Morgan fingerprint density at radius 3 is 2.35 bits per heavy atom. The normalized spacial score (nSPS) is 11.7. The smallest absolute Gasteiger partial charge is 0.435 e. The van der Waals surface area contributed by atoms with Gasteiger partial charge in [0.25, 0.3) is 0 Å². The van der Waals surface area contributed by atoms with Gasteiger partial charge in [-0.3, -0.25) is 4.68 Å². The van der Waals surface area contributed by atoms with Gasteiger partial charge in [-0.2, -0.15) is 18.3 Å². The lowest BCUT2D eigenvalue weighted by atomic mass is 10.2. The van der Waals surface area contributed by atoms with E-state index in [1.807, 2.05) is 0 Å². The second-order valence-electron chi connectivity index (χ2n) is 5.58. The number of halogens is 5. The Labute approximate surface area is 144 Å². The Hall–Kier alpha value is -2.97. The molecule has 3 rings (SSSR count). The molecule has 1 aromatic carbocycles. The zero-order valence-electron chi connectivity index (χ0n) is 13.6. The van der Waals surface area contributed by atoms with Crippen molar-refractivity contribution in [2.24, 2.45) is 7.05 Å². The lowest BCUT2D eigenvalue weighted by molar-refractivity contribution is -0.141. The van der Waals surface area contributed by atoms with Crippen LogP contribution in [0.15, 0.2) is 36.4 Å². The number of alkyl halides is 3. The van der Waals surface area contributed by atoms with Gasteiger partial charge < -0.3 is 4.74 Å². The maximum atomic E-state index is 13.3. The van der Waals surface area contributed by atoms with E-state index < -0.39 is 23.5 Å². The van der Waals surface area contributed by atoms with E-state index in [-0.39, 0.29) is 23.0 Å². The van der Waals surface area contributed by atoms with Crippen LogP contribution in [0.4, 0.5) is 22.0 Å². The van der Waals surface area contributed by atoms with Gasteiger partial charge in [0.05, 0.1) is 11.4 Å². The molecular weight excluding hydrogens is 357 g/mol.